The van der Waals surface area contributed by atoms with E-state index in [1.807, 2.05) is 38.2 Å². The number of rotatable bonds is 26. The smallest absolute Gasteiger partial charge is 0.330 e. The number of ether oxygens (including phenoxy) is 2. The van der Waals surface area contributed by atoms with Crippen molar-refractivity contribution in [2.24, 2.45) is 0 Å². The molecular formula is C30H54NO6P. The van der Waals surface area contributed by atoms with E-state index in [4.69, 9.17) is 18.5 Å². The van der Waals surface area contributed by atoms with Gasteiger partial charge in [-0.1, -0.05) is 96.6 Å². The molecule has 38 heavy (non-hydrogen) atoms. The molecule has 0 aromatic heterocycles. The van der Waals surface area contributed by atoms with Gasteiger partial charge < -0.3 is 28.7 Å². The molecule has 0 aliphatic heterocycles. The minimum Gasteiger partial charge on any atom is -0.494 e. The van der Waals surface area contributed by atoms with Crippen molar-refractivity contribution in [1.82, 2.24) is 5.32 Å². The third-order valence-corrected chi connectivity index (χ3v) is 7.10. The first-order valence-electron chi connectivity index (χ1n) is 14.9. The largest absolute Gasteiger partial charge is 0.494 e. The number of carbonyl (C=O) groups is 1. The van der Waals surface area contributed by atoms with Crippen LogP contribution in [0.15, 0.2) is 24.3 Å². The molecule has 220 valence electrons. The molecule has 2 atom stereocenters. The maximum Gasteiger partial charge on any atom is 0.330 e. The molecule has 0 heterocycles. The fraction of sp³-hybridized carbons (Fsp3) is 0.767. The topological polar surface area (TPSA) is 86.2 Å². The third-order valence-electron chi connectivity index (χ3n) is 6.33. The number of benzene rings is 1. The molecule has 0 saturated carbocycles. The van der Waals surface area contributed by atoms with Crippen LogP contribution in [-0.2, 0) is 25.0 Å². The van der Waals surface area contributed by atoms with Gasteiger partial charge in [-0.2, -0.15) is 0 Å². The quantitative estimate of drug-likeness (QED) is 0.0696. The van der Waals surface area contributed by atoms with E-state index in [0.29, 0.717) is 26.0 Å². The molecule has 1 aromatic carbocycles. The average molecular weight is 556 g/mol. The van der Waals surface area contributed by atoms with Crippen molar-refractivity contribution >= 4 is 14.6 Å². The molecule has 0 fully saturated rings. The van der Waals surface area contributed by atoms with Gasteiger partial charge in [0.2, 0.25) is 0 Å². The molecule has 0 radical (unpaired) electrons. The van der Waals surface area contributed by atoms with Crippen molar-refractivity contribution in [2.45, 2.75) is 116 Å². The lowest BCUT2D eigenvalue weighted by Gasteiger charge is -2.19. The Hall–Kier alpha value is -1.24. The first-order valence-corrected chi connectivity index (χ1v) is 16.0. The maximum atomic E-state index is 12.1. The highest BCUT2D eigenvalue weighted by molar-refractivity contribution is 7.40. The number of hydrogen-bond acceptors (Lipinski definition) is 7. The van der Waals surface area contributed by atoms with Crippen molar-refractivity contribution in [3.63, 3.8) is 0 Å². The lowest BCUT2D eigenvalue weighted by atomic mass is 10.1. The summed E-state index contributed by atoms with van der Waals surface area (Å²) >= 11 is 0. The maximum absolute atomic E-state index is 12.1. The summed E-state index contributed by atoms with van der Waals surface area (Å²) in [5.74, 6) is 0.589. The highest BCUT2D eigenvalue weighted by Gasteiger charge is 2.18. The summed E-state index contributed by atoms with van der Waals surface area (Å²) in [6.45, 7) is 5.98. The second-order valence-electron chi connectivity index (χ2n) is 9.92. The third kappa shape index (κ3) is 19.8. The Morgan fingerprint density at radius 1 is 0.842 bits per heavy atom. The highest BCUT2D eigenvalue weighted by atomic mass is 31.2. The van der Waals surface area contributed by atoms with Crippen LogP contribution >= 0.6 is 8.60 Å². The Balaban J connectivity index is 2.26. The Morgan fingerprint density at radius 3 is 2.03 bits per heavy atom. The van der Waals surface area contributed by atoms with Crippen LogP contribution in [0.2, 0.25) is 0 Å². The minimum absolute atomic E-state index is 0.0778. The van der Waals surface area contributed by atoms with E-state index in [1.54, 1.807) is 0 Å². The van der Waals surface area contributed by atoms with Gasteiger partial charge in [-0.15, -0.1) is 0 Å². The van der Waals surface area contributed by atoms with Crippen LogP contribution in [0.5, 0.6) is 5.75 Å². The Morgan fingerprint density at radius 2 is 1.45 bits per heavy atom. The summed E-state index contributed by atoms with van der Waals surface area (Å²) in [5.41, 5.74) is 1.01. The zero-order valence-electron chi connectivity index (χ0n) is 24.3. The van der Waals surface area contributed by atoms with Crippen LogP contribution in [-0.4, -0.2) is 50.4 Å². The molecule has 0 amide bonds. The van der Waals surface area contributed by atoms with Gasteiger partial charge in [0.25, 0.3) is 0 Å². The molecule has 2 N–H and O–H groups in total. The first-order chi connectivity index (χ1) is 18.6. The standard InChI is InChI=1S/C30H54NO6P/c1-4-6-7-8-9-10-11-12-13-14-15-16-23-34-28-20-18-27(19-21-28)25-29(37-30(32)17-5-2)26-36-38(33)35-24-22-31-3/h18-21,29,31,33H,4-17,22-26H2,1-3H3. The number of esters is 1. The number of nitrogens with one attached hydrogen (secondary N) is 1. The summed E-state index contributed by atoms with van der Waals surface area (Å²) in [5, 5.41) is 2.94. The summed E-state index contributed by atoms with van der Waals surface area (Å²) in [6.07, 6.45) is 17.0. The number of carbonyl (C=O) groups excluding carboxylic acids is 1. The van der Waals surface area contributed by atoms with Gasteiger partial charge >= 0.3 is 14.6 Å². The predicted molar refractivity (Wildman–Crippen MR) is 156 cm³/mol. The van der Waals surface area contributed by atoms with E-state index in [1.165, 1.54) is 70.6 Å². The van der Waals surface area contributed by atoms with Crippen molar-refractivity contribution in [3.05, 3.63) is 29.8 Å². The van der Waals surface area contributed by atoms with Crippen LogP contribution < -0.4 is 10.1 Å². The fourth-order valence-electron chi connectivity index (χ4n) is 4.11. The van der Waals surface area contributed by atoms with E-state index in [2.05, 4.69) is 12.2 Å². The van der Waals surface area contributed by atoms with Gasteiger partial charge in [0.05, 0.1) is 19.8 Å². The summed E-state index contributed by atoms with van der Waals surface area (Å²) in [4.78, 5) is 22.0. The Bertz CT molecular complexity index is 675. The number of likely N-dealkylation sites (N-methyl/N-ethyl adjacent to an activating group) is 1. The molecule has 7 nitrogen and oxygen atoms in total. The SMILES string of the molecule is CCCCCCCCCCCCCCOc1ccc(CC(COP(O)OCCNC)OC(=O)CCC)cc1. The highest BCUT2D eigenvalue weighted by Crippen LogP contribution is 2.33. The van der Waals surface area contributed by atoms with Crippen LogP contribution in [0.3, 0.4) is 0 Å². The summed E-state index contributed by atoms with van der Waals surface area (Å²) in [6, 6.07) is 7.90. The molecule has 0 bridgehead atoms. The fourth-order valence-corrected chi connectivity index (χ4v) is 4.73. The van der Waals surface area contributed by atoms with Crippen LogP contribution in [0, 0.1) is 0 Å². The molecule has 0 aliphatic carbocycles. The molecule has 0 saturated heterocycles. The Labute approximate surface area is 233 Å². The van der Waals surface area contributed by atoms with Gasteiger partial charge in [-0.3, -0.25) is 4.79 Å². The Kier molecular flexibility index (Phi) is 22.7. The molecule has 2 unspecified atom stereocenters. The van der Waals surface area contributed by atoms with Crippen LogP contribution in [0.25, 0.3) is 0 Å². The predicted octanol–water partition coefficient (Wildman–Crippen LogP) is 7.49. The van der Waals surface area contributed by atoms with E-state index in [-0.39, 0.29) is 12.6 Å². The second-order valence-corrected chi connectivity index (χ2v) is 10.9. The minimum atomic E-state index is -2.01. The average Bonchev–Trinajstić information content (AvgIpc) is 2.91. The van der Waals surface area contributed by atoms with Crippen LogP contribution in [0.1, 0.15) is 109 Å². The van der Waals surface area contributed by atoms with Crippen LogP contribution in [0.4, 0.5) is 0 Å². The summed E-state index contributed by atoms with van der Waals surface area (Å²) < 4.78 is 22.2. The number of hydrogen-bond donors (Lipinski definition) is 2. The van der Waals surface area contributed by atoms with Gasteiger partial charge in [0.15, 0.2) is 0 Å². The van der Waals surface area contributed by atoms with Crippen molar-refractivity contribution in [1.29, 1.82) is 0 Å². The monoisotopic (exact) mass is 555 g/mol. The van der Waals surface area contributed by atoms with E-state index >= 15 is 0 Å². The zero-order chi connectivity index (χ0) is 27.7. The summed E-state index contributed by atoms with van der Waals surface area (Å²) in [7, 11) is -0.199. The van der Waals surface area contributed by atoms with Crippen molar-refractivity contribution in [3.8, 4) is 5.75 Å². The molecule has 1 aromatic rings. The van der Waals surface area contributed by atoms with Gasteiger partial charge in [0, 0.05) is 19.4 Å². The first kappa shape index (κ1) is 34.8. The number of unbranched alkanes of at least 4 members (excludes halogenated alkanes) is 11. The van der Waals surface area contributed by atoms with E-state index in [9.17, 15) is 9.69 Å². The van der Waals surface area contributed by atoms with Crippen molar-refractivity contribution in [2.75, 3.05) is 33.4 Å². The zero-order valence-corrected chi connectivity index (χ0v) is 25.2. The lowest BCUT2D eigenvalue weighted by Crippen LogP contribution is -2.25. The molecule has 1 rings (SSSR count). The van der Waals surface area contributed by atoms with E-state index in [0.717, 1.165) is 30.8 Å². The lowest BCUT2D eigenvalue weighted by molar-refractivity contribution is -0.150. The normalized spacial score (nSPS) is 12.8. The molecule has 8 heteroatoms. The van der Waals surface area contributed by atoms with Gasteiger partial charge in [0.1, 0.15) is 11.9 Å². The second kappa shape index (κ2) is 24.8. The van der Waals surface area contributed by atoms with Gasteiger partial charge in [-0.25, -0.2) is 0 Å². The molecule has 0 spiro atoms. The van der Waals surface area contributed by atoms with Crippen molar-refractivity contribution < 1.29 is 28.2 Å². The van der Waals surface area contributed by atoms with Gasteiger partial charge in [-0.05, 0) is 37.6 Å². The van der Waals surface area contributed by atoms with E-state index < -0.39 is 14.7 Å². The molecule has 0 aliphatic rings. The molecular weight excluding hydrogens is 501 g/mol.